The molecule has 0 radical (unpaired) electrons. The van der Waals surface area contributed by atoms with Crippen LogP contribution in [-0.4, -0.2) is 40.8 Å². The highest BCUT2D eigenvalue weighted by molar-refractivity contribution is 6.06. The van der Waals surface area contributed by atoms with Crippen molar-refractivity contribution >= 4 is 23.3 Å². The van der Waals surface area contributed by atoms with E-state index in [1.807, 2.05) is 0 Å². The molecule has 0 spiro atoms. The van der Waals surface area contributed by atoms with Crippen molar-refractivity contribution in [2.75, 3.05) is 19.4 Å². The van der Waals surface area contributed by atoms with Gasteiger partial charge in [0.1, 0.15) is 0 Å². The molecule has 3 amide bonds. The number of rotatable bonds is 4. The van der Waals surface area contributed by atoms with E-state index < -0.39 is 34.5 Å². The van der Waals surface area contributed by atoms with Gasteiger partial charge in [-0.05, 0) is 24.6 Å². The standard InChI is InChI=1S/C20H18F2N4O4/c1-11-17(19(27)23-13-7-8-15(21)16(22)10-13)18(25(3)20(28)24(11)2)12-5-4-6-14(9-12)26(29)30/h4-10,18H,1-3H3,(H,23,27)/t18-/m1/s1. The van der Waals surface area contributed by atoms with Crippen LogP contribution >= 0.6 is 0 Å². The maximum atomic E-state index is 13.5. The Hall–Kier alpha value is -3.82. The average molecular weight is 416 g/mol. The minimum absolute atomic E-state index is 0.0270. The van der Waals surface area contributed by atoms with Gasteiger partial charge in [-0.2, -0.15) is 0 Å². The van der Waals surface area contributed by atoms with Gasteiger partial charge in [0.15, 0.2) is 11.6 Å². The Morgan fingerprint density at radius 3 is 2.47 bits per heavy atom. The van der Waals surface area contributed by atoms with Gasteiger partial charge < -0.3 is 15.1 Å². The Balaban J connectivity index is 2.08. The quantitative estimate of drug-likeness (QED) is 0.605. The second-order valence-electron chi connectivity index (χ2n) is 6.79. The van der Waals surface area contributed by atoms with Crippen molar-refractivity contribution in [1.82, 2.24) is 9.80 Å². The fraction of sp³-hybridized carbons (Fsp3) is 0.200. The highest BCUT2D eigenvalue weighted by Gasteiger charge is 2.39. The van der Waals surface area contributed by atoms with Crippen LogP contribution in [0.4, 0.5) is 25.0 Å². The van der Waals surface area contributed by atoms with Crippen LogP contribution in [0.25, 0.3) is 0 Å². The number of benzene rings is 2. The minimum atomic E-state index is -1.12. The summed E-state index contributed by atoms with van der Waals surface area (Å²) in [6.45, 7) is 1.56. The number of halogens is 2. The zero-order valence-electron chi connectivity index (χ0n) is 16.3. The lowest BCUT2D eigenvalue weighted by Gasteiger charge is -2.39. The van der Waals surface area contributed by atoms with Crippen LogP contribution in [0.3, 0.4) is 0 Å². The van der Waals surface area contributed by atoms with Gasteiger partial charge in [0.05, 0.1) is 16.5 Å². The number of hydrogen-bond acceptors (Lipinski definition) is 4. The first-order valence-electron chi connectivity index (χ1n) is 8.84. The van der Waals surface area contributed by atoms with E-state index in [2.05, 4.69) is 5.32 Å². The minimum Gasteiger partial charge on any atom is -0.322 e. The van der Waals surface area contributed by atoms with Gasteiger partial charge in [-0.1, -0.05) is 12.1 Å². The summed E-state index contributed by atoms with van der Waals surface area (Å²) in [5.74, 6) is -2.83. The van der Waals surface area contributed by atoms with Crippen LogP contribution < -0.4 is 5.32 Å². The summed E-state index contributed by atoms with van der Waals surface area (Å²) in [6.07, 6.45) is 0. The molecule has 30 heavy (non-hydrogen) atoms. The average Bonchev–Trinajstić information content (AvgIpc) is 2.71. The van der Waals surface area contributed by atoms with Crippen LogP contribution in [0, 0.1) is 21.7 Å². The number of allylic oxidation sites excluding steroid dienone is 1. The second-order valence-corrected chi connectivity index (χ2v) is 6.79. The molecule has 8 nitrogen and oxygen atoms in total. The first-order valence-corrected chi connectivity index (χ1v) is 8.84. The molecule has 0 aliphatic carbocycles. The number of anilines is 1. The third-order valence-electron chi connectivity index (χ3n) is 4.96. The van der Waals surface area contributed by atoms with Crippen molar-refractivity contribution in [3.8, 4) is 0 Å². The highest BCUT2D eigenvalue weighted by atomic mass is 19.2. The van der Waals surface area contributed by atoms with E-state index in [1.54, 1.807) is 13.0 Å². The van der Waals surface area contributed by atoms with Gasteiger partial charge in [0.25, 0.3) is 11.6 Å². The van der Waals surface area contributed by atoms with Crippen molar-refractivity contribution in [3.05, 3.63) is 81.0 Å². The van der Waals surface area contributed by atoms with Crippen LogP contribution in [0.1, 0.15) is 18.5 Å². The molecular formula is C20H18F2N4O4. The lowest BCUT2D eigenvalue weighted by atomic mass is 9.92. The molecule has 1 atom stereocenters. The third kappa shape index (κ3) is 3.71. The monoisotopic (exact) mass is 416 g/mol. The Bertz CT molecular complexity index is 1090. The SMILES string of the molecule is CC1=C(C(=O)Nc2ccc(F)c(F)c2)[C@@H](c2cccc([N+](=O)[O-])c2)N(C)C(=O)N1C. The van der Waals surface area contributed by atoms with Crippen molar-refractivity contribution in [2.45, 2.75) is 13.0 Å². The highest BCUT2D eigenvalue weighted by Crippen LogP contribution is 2.37. The lowest BCUT2D eigenvalue weighted by Crippen LogP contribution is -2.47. The first kappa shape index (κ1) is 20.9. The Kier molecular flexibility index (Phi) is 5.50. The smallest absolute Gasteiger partial charge is 0.322 e. The first-order chi connectivity index (χ1) is 14.1. The number of carbonyl (C=O) groups is 2. The second kappa shape index (κ2) is 7.90. The predicted molar refractivity (Wildman–Crippen MR) is 104 cm³/mol. The number of likely N-dealkylation sites (N-methyl/N-ethyl adjacent to an activating group) is 1. The van der Waals surface area contributed by atoms with E-state index in [9.17, 15) is 28.5 Å². The zero-order valence-corrected chi connectivity index (χ0v) is 16.3. The summed E-state index contributed by atoms with van der Waals surface area (Å²) < 4.78 is 26.7. The molecule has 2 aromatic carbocycles. The van der Waals surface area contributed by atoms with E-state index >= 15 is 0 Å². The molecule has 2 aromatic rings. The van der Waals surface area contributed by atoms with E-state index in [0.717, 1.165) is 12.1 Å². The van der Waals surface area contributed by atoms with Gasteiger partial charge in [-0.25, -0.2) is 13.6 Å². The molecule has 156 valence electrons. The summed E-state index contributed by atoms with van der Waals surface area (Å²) in [4.78, 5) is 38.9. The van der Waals surface area contributed by atoms with Gasteiger partial charge in [0, 0.05) is 43.7 Å². The molecule has 1 heterocycles. The van der Waals surface area contributed by atoms with Crippen molar-refractivity contribution in [3.63, 3.8) is 0 Å². The number of nitro benzene ring substituents is 1. The molecule has 1 aliphatic heterocycles. The zero-order chi connectivity index (χ0) is 22.2. The Morgan fingerprint density at radius 2 is 1.83 bits per heavy atom. The Labute approximate surface area is 170 Å². The van der Waals surface area contributed by atoms with Crippen LogP contribution in [0.5, 0.6) is 0 Å². The number of hydrogen-bond donors (Lipinski definition) is 1. The molecule has 1 aliphatic rings. The van der Waals surface area contributed by atoms with Crippen LogP contribution in [-0.2, 0) is 4.79 Å². The maximum absolute atomic E-state index is 13.5. The lowest BCUT2D eigenvalue weighted by molar-refractivity contribution is -0.384. The molecule has 1 N–H and O–H groups in total. The molecule has 3 rings (SSSR count). The number of carbonyl (C=O) groups excluding carboxylic acids is 2. The molecule has 10 heteroatoms. The van der Waals surface area contributed by atoms with Crippen LogP contribution in [0.2, 0.25) is 0 Å². The normalized spacial score (nSPS) is 16.7. The summed E-state index contributed by atoms with van der Waals surface area (Å²) in [5.41, 5.74) is 0.673. The number of non-ortho nitro benzene ring substituents is 1. The van der Waals surface area contributed by atoms with Crippen molar-refractivity contribution < 1.29 is 23.3 Å². The number of amides is 3. The summed E-state index contributed by atoms with van der Waals surface area (Å²) in [7, 11) is 2.96. The summed E-state index contributed by atoms with van der Waals surface area (Å²) >= 11 is 0. The third-order valence-corrected chi connectivity index (χ3v) is 4.96. The molecule has 0 saturated heterocycles. The molecule has 0 unspecified atom stereocenters. The molecular weight excluding hydrogens is 398 g/mol. The van der Waals surface area contributed by atoms with E-state index in [1.165, 1.54) is 48.2 Å². The Morgan fingerprint density at radius 1 is 1.13 bits per heavy atom. The number of urea groups is 1. The van der Waals surface area contributed by atoms with Crippen molar-refractivity contribution in [2.24, 2.45) is 0 Å². The molecule has 0 aromatic heterocycles. The number of nitro groups is 1. The van der Waals surface area contributed by atoms with Gasteiger partial charge in [-0.3, -0.25) is 14.9 Å². The summed E-state index contributed by atoms with van der Waals surface area (Å²) in [6, 6.07) is 7.23. The van der Waals surface area contributed by atoms with Crippen molar-refractivity contribution in [1.29, 1.82) is 0 Å². The molecule has 0 saturated carbocycles. The van der Waals surface area contributed by atoms with Gasteiger partial charge >= 0.3 is 6.03 Å². The van der Waals surface area contributed by atoms with E-state index in [0.29, 0.717) is 11.3 Å². The maximum Gasteiger partial charge on any atom is 0.324 e. The fourth-order valence-electron chi connectivity index (χ4n) is 3.32. The predicted octanol–water partition coefficient (Wildman–Crippen LogP) is 3.82. The van der Waals surface area contributed by atoms with E-state index in [4.69, 9.17) is 0 Å². The van der Waals surface area contributed by atoms with Gasteiger partial charge in [-0.15, -0.1) is 0 Å². The number of nitrogens with zero attached hydrogens (tertiary/aromatic N) is 3. The molecule has 0 bridgehead atoms. The fourth-order valence-corrected chi connectivity index (χ4v) is 3.32. The topological polar surface area (TPSA) is 95.8 Å². The van der Waals surface area contributed by atoms with E-state index in [-0.39, 0.29) is 16.9 Å². The largest absolute Gasteiger partial charge is 0.324 e. The van der Waals surface area contributed by atoms with Gasteiger partial charge in [0.2, 0.25) is 0 Å². The summed E-state index contributed by atoms with van der Waals surface area (Å²) in [5, 5.41) is 13.7. The molecule has 0 fully saturated rings. The van der Waals surface area contributed by atoms with Crippen LogP contribution in [0.15, 0.2) is 53.7 Å². The number of nitrogens with one attached hydrogen (secondary N) is 1.